The number of aromatic nitrogens is 5. The van der Waals surface area contributed by atoms with Gasteiger partial charge in [0.25, 0.3) is 0 Å². The minimum Gasteiger partial charge on any atom is -0.494 e. The molecule has 0 aliphatic rings. The summed E-state index contributed by atoms with van der Waals surface area (Å²) in [5.74, 6) is 1.82. The number of fused-ring (bicyclic) bond motifs is 2. The van der Waals surface area contributed by atoms with Gasteiger partial charge in [-0.1, -0.05) is 12.1 Å². The molecule has 0 saturated carbocycles. The van der Waals surface area contributed by atoms with Gasteiger partial charge >= 0.3 is 0 Å². The summed E-state index contributed by atoms with van der Waals surface area (Å²) in [6, 6.07) is 14.6. The van der Waals surface area contributed by atoms with Gasteiger partial charge in [0, 0.05) is 60.5 Å². The SMILES string of the molecule is CCOc1ccc2[nH]cc(CCCc3nccc(Cc4ccc5cn(C)nc5c4)n3)c2c1. The molecule has 6 heteroatoms. The highest BCUT2D eigenvalue weighted by Gasteiger charge is 2.08. The topological polar surface area (TPSA) is 68.6 Å². The second-order valence-corrected chi connectivity index (χ2v) is 8.14. The van der Waals surface area contributed by atoms with Crippen molar-refractivity contribution >= 4 is 21.8 Å². The first-order chi connectivity index (χ1) is 15.7. The van der Waals surface area contributed by atoms with Crippen molar-refractivity contribution in [2.75, 3.05) is 6.61 Å². The molecule has 0 saturated heterocycles. The second-order valence-electron chi connectivity index (χ2n) is 8.14. The van der Waals surface area contributed by atoms with Gasteiger partial charge in [0.15, 0.2) is 0 Å². The summed E-state index contributed by atoms with van der Waals surface area (Å²) in [5, 5.41) is 6.90. The zero-order valence-electron chi connectivity index (χ0n) is 18.5. The maximum absolute atomic E-state index is 5.66. The fraction of sp³-hybridized carbons (Fsp3) is 0.269. The molecule has 3 aromatic heterocycles. The van der Waals surface area contributed by atoms with Crippen LogP contribution < -0.4 is 4.74 Å². The summed E-state index contributed by atoms with van der Waals surface area (Å²) < 4.78 is 7.51. The lowest BCUT2D eigenvalue weighted by Crippen LogP contribution is -2.01. The highest BCUT2D eigenvalue weighted by atomic mass is 16.5. The Kier molecular flexibility index (Phi) is 5.58. The van der Waals surface area contributed by atoms with Gasteiger partial charge < -0.3 is 9.72 Å². The number of ether oxygens (including phenoxy) is 1. The third kappa shape index (κ3) is 4.35. The molecule has 0 amide bonds. The smallest absolute Gasteiger partial charge is 0.128 e. The van der Waals surface area contributed by atoms with Crippen molar-refractivity contribution in [1.29, 1.82) is 0 Å². The van der Waals surface area contributed by atoms with Gasteiger partial charge in [-0.2, -0.15) is 5.10 Å². The van der Waals surface area contributed by atoms with E-state index < -0.39 is 0 Å². The zero-order chi connectivity index (χ0) is 21.9. The van der Waals surface area contributed by atoms with Crippen LogP contribution in [-0.4, -0.2) is 31.3 Å². The van der Waals surface area contributed by atoms with E-state index in [1.54, 1.807) is 0 Å². The van der Waals surface area contributed by atoms with Crippen molar-refractivity contribution in [2.45, 2.75) is 32.6 Å². The highest BCUT2D eigenvalue weighted by molar-refractivity contribution is 5.84. The molecule has 0 spiro atoms. The maximum atomic E-state index is 5.66. The van der Waals surface area contributed by atoms with Gasteiger partial charge in [0.1, 0.15) is 11.6 Å². The third-order valence-electron chi connectivity index (χ3n) is 5.73. The predicted molar refractivity (Wildman–Crippen MR) is 127 cm³/mol. The van der Waals surface area contributed by atoms with Crippen LogP contribution in [-0.2, 0) is 26.3 Å². The molecule has 5 rings (SSSR count). The molecule has 0 radical (unpaired) electrons. The first kappa shape index (κ1) is 20.2. The van der Waals surface area contributed by atoms with E-state index in [4.69, 9.17) is 9.72 Å². The second kappa shape index (κ2) is 8.83. The zero-order valence-corrected chi connectivity index (χ0v) is 18.5. The molecule has 5 aromatic rings. The van der Waals surface area contributed by atoms with E-state index in [2.05, 4.69) is 51.6 Å². The molecule has 6 nitrogen and oxygen atoms in total. The van der Waals surface area contributed by atoms with Crippen LogP contribution in [0.4, 0.5) is 0 Å². The lowest BCUT2D eigenvalue weighted by Gasteiger charge is -2.06. The van der Waals surface area contributed by atoms with Crippen molar-refractivity contribution in [3.05, 3.63) is 83.7 Å². The first-order valence-corrected chi connectivity index (χ1v) is 11.1. The third-order valence-corrected chi connectivity index (χ3v) is 5.73. The van der Waals surface area contributed by atoms with Gasteiger partial charge in [0.05, 0.1) is 12.1 Å². The van der Waals surface area contributed by atoms with Gasteiger partial charge in [-0.05, 0) is 61.2 Å². The van der Waals surface area contributed by atoms with E-state index in [1.165, 1.54) is 16.5 Å². The first-order valence-electron chi connectivity index (χ1n) is 11.1. The molecule has 0 aliphatic heterocycles. The largest absolute Gasteiger partial charge is 0.494 e. The minimum absolute atomic E-state index is 0.675. The Morgan fingerprint density at radius 2 is 2.00 bits per heavy atom. The summed E-state index contributed by atoms with van der Waals surface area (Å²) in [5.41, 5.74) is 5.72. The average molecular weight is 426 g/mol. The van der Waals surface area contributed by atoms with Crippen LogP contribution in [0.15, 0.2) is 61.1 Å². The van der Waals surface area contributed by atoms with Crippen LogP contribution in [0.2, 0.25) is 0 Å². The predicted octanol–water partition coefficient (Wildman–Crippen LogP) is 5.01. The monoisotopic (exact) mass is 425 g/mol. The summed E-state index contributed by atoms with van der Waals surface area (Å²) in [4.78, 5) is 12.7. The van der Waals surface area contributed by atoms with Crippen LogP contribution in [0, 0.1) is 0 Å². The maximum Gasteiger partial charge on any atom is 0.128 e. The number of hydrogen-bond acceptors (Lipinski definition) is 4. The Balaban J connectivity index is 1.24. The number of nitrogens with one attached hydrogen (secondary N) is 1. The van der Waals surface area contributed by atoms with Crippen molar-refractivity contribution in [3.63, 3.8) is 0 Å². The lowest BCUT2D eigenvalue weighted by molar-refractivity contribution is 0.340. The molecule has 0 unspecified atom stereocenters. The lowest BCUT2D eigenvalue weighted by atomic mass is 10.1. The molecule has 1 N–H and O–H groups in total. The summed E-state index contributed by atoms with van der Waals surface area (Å²) >= 11 is 0. The molecule has 2 aromatic carbocycles. The number of nitrogens with zero attached hydrogens (tertiary/aromatic N) is 4. The average Bonchev–Trinajstić information content (AvgIpc) is 3.36. The Morgan fingerprint density at radius 1 is 1.06 bits per heavy atom. The van der Waals surface area contributed by atoms with Gasteiger partial charge in [-0.25, -0.2) is 9.97 Å². The molecule has 0 fully saturated rings. The van der Waals surface area contributed by atoms with Gasteiger partial charge in [0.2, 0.25) is 0 Å². The molecule has 0 bridgehead atoms. The number of aromatic amines is 1. The fourth-order valence-corrected chi connectivity index (χ4v) is 4.22. The van der Waals surface area contributed by atoms with Crippen molar-refractivity contribution in [3.8, 4) is 5.75 Å². The molecule has 32 heavy (non-hydrogen) atoms. The quantitative estimate of drug-likeness (QED) is 0.379. The number of aryl methyl sites for hydroxylation is 3. The number of benzene rings is 2. The van der Waals surface area contributed by atoms with Crippen LogP contribution in [0.25, 0.3) is 21.8 Å². The van der Waals surface area contributed by atoms with Crippen LogP contribution in [0.3, 0.4) is 0 Å². The fourth-order valence-electron chi connectivity index (χ4n) is 4.22. The summed E-state index contributed by atoms with van der Waals surface area (Å²) in [6.07, 6.45) is 9.61. The molecular formula is C26H27N5O. The summed E-state index contributed by atoms with van der Waals surface area (Å²) in [7, 11) is 1.95. The van der Waals surface area contributed by atoms with Gasteiger partial charge in [-0.3, -0.25) is 4.68 Å². The molecular weight excluding hydrogens is 398 g/mol. The Morgan fingerprint density at radius 3 is 2.91 bits per heavy atom. The van der Waals surface area contributed by atoms with E-state index >= 15 is 0 Å². The Bertz CT molecular complexity index is 1370. The van der Waals surface area contributed by atoms with E-state index in [1.807, 2.05) is 43.2 Å². The number of rotatable bonds is 8. The molecule has 3 heterocycles. The van der Waals surface area contributed by atoms with Crippen LogP contribution in [0.1, 0.15) is 36.0 Å². The van der Waals surface area contributed by atoms with E-state index in [-0.39, 0.29) is 0 Å². The minimum atomic E-state index is 0.675. The van der Waals surface area contributed by atoms with E-state index in [9.17, 15) is 0 Å². The molecule has 162 valence electrons. The normalized spacial score (nSPS) is 11.4. The van der Waals surface area contributed by atoms with Crippen LogP contribution in [0.5, 0.6) is 5.75 Å². The van der Waals surface area contributed by atoms with Crippen molar-refractivity contribution in [1.82, 2.24) is 24.7 Å². The van der Waals surface area contributed by atoms with Crippen LogP contribution >= 0.6 is 0 Å². The molecule has 0 atom stereocenters. The number of hydrogen-bond donors (Lipinski definition) is 1. The summed E-state index contributed by atoms with van der Waals surface area (Å²) in [6.45, 7) is 2.68. The van der Waals surface area contributed by atoms with Crippen molar-refractivity contribution < 1.29 is 4.74 Å². The standard InChI is InChI=1S/C26H27N5O/c1-3-32-22-9-10-24-23(15-22)19(16-28-24)5-4-6-26-27-12-11-21(29-26)13-18-7-8-20-17-31(2)30-25(20)14-18/h7-12,14-17,28H,3-6,13H2,1-2H3. The Hall–Kier alpha value is -3.67. The Labute approximate surface area is 187 Å². The molecule has 0 aliphatic carbocycles. The van der Waals surface area contributed by atoms with Crippen molar-refractivity contribution in [2.24, 2.45) is 7.05 Å². The number of H-pyrrole nitrogens is 1. The van der Waals surface area contributed by atoms with E-state index in [0.717, 1.165) is 59.4 Å². The van der Waals surface area contributed by atoms with Gasteiger partial charge in [-0.15, -0.1) is 0 Å². The van der Waals surface area contributed by atoms with E-state index in [0.29, 0.717) is 6.61 Å². The highest BCUT2D eigenvalue weighted by Crippen LogP contribution is 2.25.